The van der Waals surface area contributed by atoms with E-state index in [0.29, 0.717) is 24.5 Å². The summed E-state index contributed by atoms with van der Waals surface area (Å²) in [7, 11) is -3.84. The first-order valence-electron chi connectivity index (χ1n) is 14.7. The maximum Gasteiger partial charge on any atom is 0.244 e. The molecule has 1 N–H and O–H groups in total. The first-order chi connectivity index (χ1) is 20.6. The lowest BCUT2D eigenvalue weighted by atomic mass is 9.94. The number of nitrogens with zero attached hydrogens (tertiary/aromatic N) is 2. The van der Waals surface area contributed by atoms with Crippen LogP contribution in [0.5, 0.6) is 5.75 Å². The van der Waals surface area contributed by atoms with Crippen molar-refractivity contribution in [1.29, 1.82) is 0 Å². The van der Waals surface area contributed by atoms with Gasteiger partial charge in [0.2, 0.25) is 21.8 Å². The summed E-state index contributed by atoms with van der Waals surface area (Å²) in [4.78, 5) is 29.8. The summed E-state index contributed by atoms with van der Waals surface area (Å²) >= 11 is 3.51. The minimum Gasteiger partial charge on any atom is -0.494 e. The highest BCUT2D eigenvalue weighted by atomic mass is 79.9. The molecule has 10 heteroatoms. The summed E-state index contributed by atoms with van der Waals surface area (Å²) in [6.07, 6.45) is 6.45. The maximum absolute atomic E-state index is 14.3. The van der Waals surface area contributed by atoms with E-state index < -0.39 is 28.5 Å². The predicted octanol–water partition coefficient (Wildman–Crippen LogP) is 5.70. The van der Waals surface area contributed by atoms with E-state index in [1.807, 2.05) is 61.5 Å². The molecular weight excluding hydrogens is 630 g/mol. The Labute approximate surface area is 263 Å². The SMILES string of the molecule is CCOc1ccc(N(CC(=O)N(Cc2cccc(Br)c2)[C@H](Cc2ccccc2)C(=O)NC2CCCCC2)S(C)(=O)=O)cc1. The zero-order valence-corrected chi connectivity index (χ0v) is 27.1. The molecule has 8 nitrogen and oxygen atoms in total. The Hall–Kier alpha value is -3.37. The van der Waals surface area contributed by atoms with E-state index in [1.165, 1.54) is 4.90 Å². The van der Waals surface area contributed by atoms with Gasteiger partial charge in [0.05, 0.1) is 18.6 Å². The number of amides is 2. The lowest BCUT2D eigenvalue weighted by Gasteiger charge is -2.35. The average Bonchev–Trinajstić information content (AvgIpc) is 2.99. The number of benzene rings is 3. The van der Waals surface area contributed by atoms with Crippen LogP contribution in [0.1, 0.15) is 50.2 Å². The van der Waals surface area contributed by atoms with Gasteiger partial charge in [0.25, 0.3) is 0 Å². The van der Waals surface area contributed by atoms with Crippen LogP contribution in [0, 0.1) is 0 Å². The van der Waals surface area contributed by atoms with Gasteiger partial charge in [-0.05, 0) is 67.3 Å². The Bertz CT molecular complexity index is 1460. The Balaban J connectivity index is 1.70. The van der Waals surface area contributed by atoms with E-state index in [-0.39, 0.29) is 18.5 Å². The summed E-state index contributed by atoms with van der Waals surface area (Å²) in [5.41, 5.74) is 2.07. The summed E-state index contributed by atoms with van der Waals surface area (Å²) in [5, 5.41) is 3.22. The number of carbonyl (C=O) groups is 2. The number of carbonyl (C=O) groups excluding carboxylic acids is 2. The zero-order valence-electron chi connectivity index (χ0n) is 24.7. The lowest BCUT2D eigenvalue weighted by molar-refractivity contribution is -0.140. The van der Waals surface area contributed by atoms with Gasteiger partial charge in [-0.15, -0.1) is 0 Å². The second kappa shape index (κ2) is 15.4. The van der Waals surface area contributed by atoms with E-state index in [1.54, 1.807) is 24.3 Å². The fourth-order valence-corrected chi connectivity index (χ4v) is 6.72. The monoisotopic (exact) mass is 669 g/mol. The Kier molecular flexibility index (Phi) is 11.6. The van der Waals surface area contributed by atoms with Crippen LogP contribution in [0.15, 0.2) is 83.3 Å². The molecule has 0 radical (unpaired) electrons. The van der Waals surface area contributed by atoms with Gasteiger partial charge in [0, 0.05) is 23.5 Å². The highest BCUT2D eigenvalue weighted by Crippen LogP contribution is 2.24. The first-order valence-corrected chi connectivity index (χ1v) is 17.4. The number of sulfonamides is 1. The number of halogens is 1. The molecule has 0 unspecified atom stereocenters. The van der Waals surface area contributed by atoms with Crippen molar-refractivity contribution in [2.45, 2.75) is 64.1 Å². The van der Waals surface area contributed by atoms with Crippen molar-refractivity contribution >= 4 is 43.5 Å². The van der Waals surface area contributed by atoms with Crippen molar-refractivity contribution in [3.8, 4) is 5.75 Å². The van der Waals surface area contributed by atoms with Crippen LogP contribution >= 0.6 is 15.9 Å². The molecule has 1 atom stereocenters. The van der Waals surface area contributed by atoms with Crippen LogP contribution in [0.3, 0.4) is 0 Å². The van der Waals surface area contributed by atoms with Crippen molar-refractivity contribution in [1.82, 2.24) is 10.2 Å². The number of nitrogens with one attached hydrogen (secondary N) is 1. The molecule has 1 fully saturated rings. The fourth-order valence-electron chi connectivity index (χ4n) is 5.42. The molecule has 1 aliphatic rings. The van der Waals surface area contributed by atoms with Crippen molar-refractivity contribution in [3.05, 3.63) is 94.5 Å². The minimum absolute atomic E-state index is 0.0544. The van der Waals surface area contributed by atoms with Crippen LogP contribution < -0.4 is 14.4 Å². The van der Waals surface area contributed by atoms with E-state index in [9.17, 15) is 18.0 Å². The number of rotatable bonds is 13. The summed E-state index contributed by atoms with van der Waals surface area (Å²) in [5.74, 6) is -0.102. The van der Waals surface area contributed by atoms with Gasteiger partial charge in [-0.3, -0.25) is 13.9 Å². The second-order valence-corrected chi connectivity index (χ2v) is 13.7. The number of hydrogen-bond donors (Lipinski definition) is 1. The van der Waals surface area contributed by atoms with Gasteiger partial charge in [-0.25, -0.2) is 8.42 Å². The van der Waals surface area contributed by atoms with Gasteiger partial charge in [-0.1, -0.05) is 77.7 Å². The molecule has 0 heterocycles. The minimum atomic E-state index is -3.84. The fraction of sp³-hybridized carbons (Fsp3) is 0.394. The third kappa shape index (κ3) is 9.56. The number of anilines is 1. The van der Waals surface area contributed by atoms with Crippen molar-refractivity contribution in [3.63, 3.8) is 0 Å². The largest absolute Gasteiger partial charge is 0.494 e. The van der Waals surface area contributed by atoms with Gasteiger partial charge < -0.3 is 15.0 Å². The topological polar surface area (TPSA) is 96.0 Å². The van der Waals surface area contributed by atoms with Gasteiger partial charge in [0.1, 0.15) is 18.3 Å². The molecule has 0 saturated heterocycles. The molecule has 0 spiro atoms. The molecule has 230 valence electrons. The highest BCUT2D eigenvalue weighted by Gasteiger charge is 2.34. The molecular formula is C33H40BrN3O5S. The van der Waals surface area contributed by atoms with E-state index >= 15 is 0 Å². The average molecular weight is 671 g/mol. The molecule has 2 amide bonds. The summed E-state index contributed by atoms with van der Waals surface area (Å²) in [6.45, 7) is 2.02. The van der Waals surface area contributed by atoms with Crippen molar-refractivity contribution in [2.24, 2.45) is 0 Å². The predicted molar refractivity (Wildman–Crippen MR) is 173 cm³/mol. The molecule has 1 aliphatic carbocycles. The highest BCUT2D eigenvalue weighted by molar-refractivity contribution is 9.10. The zero-order chi connectivity index (χ0) is 30.8. The van der Waals surface area contributed by atoms with Gasteiger partial charge >= 0.3 is 0 Å². The third-order valence-corrected chi connectivity index (χ3v) is 9.21. The first kappa shape index (κ1) is 32.5. The molecule has 43 heavy (non-hydrogen) atoms. The number of hydrogen-bond acceptors (Lipinski definition) is 5. The third-order valence-electron chi connectivity index (χ3n) is 7.58. The lowest BCUT2D eigenvalue weighted by Crippen LogP contribution is -2.55. The molecule has 1 saturated carbocycles. The van der Waals surface area contributed by atoms with E-state index in [4.69, 9.17) is 4.74 Å². The van der Waals surface area contributed by atoms with Crippen LogP contribution in [0.4, 0.5) is 5.69 Å². The van der Waals surface area contributed by atoms with Crippen LogP contribution in [0.25, 0.3) is 0 Å². The van der Waals surface area contributed by atoms with E-state index in [0.717, 1.165) is 58.3 Å². The Morgan fingerprint density at radius 1 is 0.953 bits per heavy atom. The Morgan fingerprint density at radius 2 is 1.63 bits per heavy atom. The quantitative estimate of drug-likeness (QED) is 0.252. The Morgan fingerprint density at radius 3 is 2.26 bits per heavy atom. The molecule has 3 aromatic rings. The number of ether oxygens (including phenoxy) is 1. The molecule has 0 aliphatic heterocycles. The normalized spacial score (nSPS) is 14.5. The smallest absolute Gasteiger partial charge is 0.244 e. The van der Waals surface area contributed by atoms with Crippen molar-refractivity contribution < 1.29 is 22.7 Å². The van der Waals surface area contributed by atoms with Gasteiger partial charge in [0.15, 0.2) is 0 Å². The molecule has 3 aromatic carbocycles. The van der Waals surface area contributed by atoms with Gasteiger partial charge in [-0.2, -0.15) is 0 Å². The molecule has 0 aromatic heterocycles. The summed E-state index contributed by atoms with van der Waals surface area (Å²) < 4.78 is 33.4. The van der Waals surface area contributed by atoms with Crippen LogP contribution in [-0.2, 0) is 32.6 Å². The second-order valence-electron chi connectivity index (χ2n) is 10.9. The standard InChI is InChI=1S/C33H40BrN3O5S/c1-3-42-30-19-17-29(18-20-30)37(43(2,40)41)24-32(38)36(23-26-13-10-14-27(34)21-26)31(22-25-11-6-4-7-12-25)33(39)35-28-15-8-5-9-16-28/h4,6-7,10-14,17-21,28,31H,3,5,8-9,15-16,22-24H2,1-2H3,(H,35,39)/t31-/m1/s1. The maximum atomic E-state index is 14.3. The molecule has 4 rings (SSSR count). The summed E-state index contributed by atoms with van der Waals surface area (Å²) in [6, 6.07) is 23.0. The van der Waals surface area contributed by atoms with Crippen LogP contribution in [-0.4, -0.2) is 56.6 Å². The van der Waals surface area contributed by atoms with Crippen LogP contribution in [0.2, 0.25) is 0 Å². The van der Waals surface area contributed by atoms with Crippen molar-refractivity contribution in [2.75, 3.05) is 23.7 Å². The van der Waals surface area contributed by atoms with E-state index in [2.05, 4.69) is 21.2 Å². The molecule has 0 bridgehead atoms.